The fourth-order valence-electron chi connectivity index (χ4n) is 1.58. The second-order valence-electron chi connectivity index (χ2n) is 3.37. The predicted molar refractivity (Wildman–Crippen MR) is 56.5 cm³/mol. The lowest BCUT2D eigenvalue weighted by Crippen LogP contribution is -2.38. The first kappa shape index (κ1) is 12.2. The van der Waals surface area contributed by atoms with Crippen molar-refractivity contribution < 1.29 is 0 Å². The first-order valence-electron chi connectivity index (χ1n) is 4.93. The Morgan fingerprint density at radius 1 is 1.31 bits per heavy atom. The van der Waals surface area contributed by atoms with E-state index < -0.39 is 0 Å². The molecule has 0 aliphatic heterocycles. The van der Waals surface area contributed by atoms with E-state index in [0.717, 1.165) is 19.4 Å². The fourth-order valence-corrected chi connectivity index (χ4v) is 1.58. The van der Waals surface area contributed by atoms with E-state index in [0.29, 0.717) is 18.4 Å². The lowest BCUT2D eigenvalue weighted by atomic mass is 9.88. The molecule has 4 nitrogen and oxygen atoms in total. The Bertz CT molecular complexity index is 143. The van der Waals surface area contributed by atoms with E-state index in [-0.39, 0.29) is 5.96 Å². The van der Waals surface area contributed by atoms with Crippen molar-refractivity contribution in [2.24, 2.45) is 23.3 Å². The molecule has 0 aliphatic rings. The highest BCUT2D eigenvalue weighted by molar-refractivity contribution is 5.74. The molecule has 0 heterocycles. The standard InChI is InChI=1S/C9H22N4/c1-3-7(5-10)8(4-2)6-13-9(11)12/h7-8H,3-6,10H2,1-2H3,(H4,11,12,13)/t7-,8-/m1/s1. The monoisotopic (exact) mass is 186 g/mol. The van der Waals surface area contributed by atoms with Crippen LogP contribution in [0.25, 0.3) is 0 Å². The van der Waals surface area contributed by atoms with Crippen LogP contribution in [-0.4, -0.2) is 19.0 Å². The number of nitrogens with one attached hydrogen (secondary N) is 2. The maximum Gasteiger partial charge on any atom is 0.185 e. The molecular formula is C9H22N4. The Morgan fingerprint density at radius 3 is 2.15 bits per heavy atom. The number of nitrogens with two attached hydrogens (primary N) is 2. The van der Waals surface area contributed by atoms with Gasteiger partial charge in [-0.3, -0.25) is 5.41 Å². The Hall–Kier alpha value is -0.770. The Kier molecular flexibility index (Phi) is 6.32. The third-order valence-corrected chi connectivity index (χ3v) is 2.57. The van der Waals surface area contributed by atoms with Gasteiger partial charge in [0.1, 0.15) is 0 Å². The molecule has 0 unspecified atom stereocenters. The predicted octanol–water partition coefficient (Wildman–Crippen LogP) is 0.481. The Labute approximate surface area is 80.6 Å². The summed E-state index contributed by atoms with van der Waals surface area (Å²) >= 11 is 0. The molecular weight excluding hydrogens is 164 g/mol. The van der Waals surface area contributed by atoms with Gasteiger partial charge in [0.2, 0.25) is 0 Å². The van der Waals surface area contributed by atoms with Crippen LogP contribution in [0.5, 0.6) is 0 Å². The van der Waals surface area contributed by atoms with Crippen LogP contribution in [0.2, 0.25) is 0 Å². The summed E-state index contributed by atoms with van der Waals surface area (Å²) in [7, 11) is 0. The molecule has 78 valence electrons. The number of hydrogen-bond donors (Lipinski definition) is 4. The van der Waals surface area contributed by atoms with Crippen LogP contribution >= 0.6 is 0 Å². The maximum absolute atomic E-state index is 7.05. The van der Waals surface area contributed by atoms with Crippen LogP contribution in [0.15, 0.2) is 0 Å². The van der Waals surface area contributed by atoms with Crippen LogP contribution in [0, 0.1) is 17.2 Å². The summed E-state index contributed by atoms with van der Waals surface area (Å²) in [4.78, 5) is 0. The van der Waals surface area contributed by atoms with Crippen molar-refractivity contribution in [1.29, 1.82) is 5.41 Å². The van der Waals surface area contributed by atoms with Crippen LogP contribution < -0.4 is 16.8 Å². The molecule has 0 bridgehead atoms. The number of hydrogen-bond acceptors (Lipinski definition) is 2. The molecule has 0 radical (unpaired) electrons. The minimum absolute atomic E-state index is 0.0466. The quantitative estimate of drug-likeness (QED) is 0.359. The van der Waals surface area contributed by atoms with Gasteiger partial charge in [0.25, 0.3) is 0 Å². The van der Waals surface area contributed by atoms with Gasteiger partial charge >= 0.3 is 0 Å². The summed E-state index contributed by atoms with van der Waals surface area (Å²) in [5, 5.41) is 9.90. The highest BCUT2D eigenvalue weighted by Gasteiger charge is 2.16. The van der Waals surface area contributed by atoms with Gasteiger partial charge < -0.3 is 16.8 Å². The minimum Gasteiger partial charge on any atom is -0.370 e. The number of rotatable bonds is 6. The first-order valence-corrected chi connectivity index (χ1v) is 4.93. The molecule has 0 spiro atoms. The molecule has 6 N–H and O–H groups in total. The molecule has 13 heavy (non-hydrogen) atoms. The van der Waals surface area contributed by atoms with Crippen LogP contribution in [-0.2, 0) is 0 Å². The highest BCUT2D eigenvalue weighted by Crippen LogP contribution is 2.17. The summed E-state index contributed by atoms with van der Waals surface area (Å²) in [6.07, 6.45) is 2.17. The molecule has 0 saturated carbocycles. The van der Waals surface area contributed by atoms with Crippen LogP contribution in [0.3, 0.4) is 0 Å². The first-order chi connectivity index (χ1) is 6.15. The normalized spacial score (nSPS) is 15.0. The van der Waals surface area contributed by atoms with Gasteiger partial charge in [0.05, 0.1) is 0 Å². The largest absolute Gasteiger partial charge is 0.370 e. The van der Waals surface area contributed by atoms with Crippen molar-refractivity contribution in [3.63, 3.8) is 0 Å². The summed E-state index contributed by atoms with van der Waals surface area (Å²) in [6.45, 7) is 5.77. The molecule has 0 fully saturated rings. The Morgan fingerprint density at radius 2 is 1.85 bits per heavy atom. The summed E-state index contributed by atoms with van der Waals surface area (Å²) in [5.74, 6) is 1.11. The van der Waals surface area contributed by atoms with Crippen molar-refractivity contribution in [2.75, 3.05) is 13.1 Å². The molecule has 4 heteroatoms. The third-order valence-electron chi connectivity index (χ3n) is 2.57. The van der Waals surface area contributed by atoms with E-state index in [2.05, 4.69) is 19.2 Å². The van der Waals surface area contributed by atoms with Crippen LogP contribution in [0.4, 0.5) is 0 Å². The van der Waals surface area contributed by atoms with Crippen molar-refractivity contribution >= 4 is 5.96 Å². The van der Waals surface area contributed by atoms with Gasteiger partial charge in [-0.1, -0.05) is 26.7 Å². The van der Waals surface area contributed by atoms with Crippen molar-refractivity contribution in [2.45, 2.75) is 26.7 Å². The number of guanidine groups is 1. The maximum atomic E-state index is 7.05. The molecule has 0 aromatic carbocycles. The van der Waals surface area contributed by atoms with E-state index in [1.165, 1.54) is 0 Å². The summed E-state index contributed by atoms with van der Waals surface area (Å²) in [5.41, 5.74) is 10.9. The van der Waals surface area contributed by atoms with E-state index >= 15 is 0 Å². The fraction of sp³-hybridized carbons (Fsp3) is 0.889. The zero-order valence-electron chi connectivity index (χ0n) is 8.64. The lowest BCUT2D eigenvalue weighted by Gasteiger charge is -2.24. The summed E-state index contributed by atoms with van der Waals surface area (Å²) in [6, 6.07) is 0. The van der Waals surface area contributed by atoms with Gasteiger partial charge in [-0.25, -0.2) is 0 Å². The van der Waals surface area contributed by atoms with Gasteiger partial charge in [-0.2, -0.15) is 0 Å². The summed E-state index contributed by atoms with van der Waals surface area (Å²) < 4.78 is 0. The second kappa shape index (κ2) is 6.71. The van der Waals surface area contributed by atoms with E-state index in [1.807, 2.05) is 0 Å². The van der Waals surface area contributed by atoms with E-state index in [9.17, 15) is 0 Å². The van der Waals surface area contributed by atoms with E-state index in [4.69, 9.17) is 16.9 Å². The highest BCUT2D eigenvalue weighted by atomic mass is 15.0. The van der Waals surface area contributed by atoms with Gasteiger partial charge in [0.15, 0.2) is 5.96 Å². The smallest absolute Gasteiger partial charge is 0.185 e. The molecule has 0 rings (SSSR count). The average molecular weight is 186 g/mol. The zero-order valence-corrected chi connectivity index (χ0v) is 8.64. The molecule has 2 atom stereocenters. The van der Waals surface area contributed by atoms with Gasteiger partial charge in [-0.05, 0) is 18.4 Å². The lowest BCUT2D eigenvalue weighted by molar-refractivity contribution is 0.319. The topological polar surface area (TPSA) is 87.9 Å². The van der Waals surface area contributed by atoms with Crippen molar-refractivity contribution in [1.82, 2.24) is 5.32 Å². The molecule has 0 aromatic rings. The van der Waals surface area contributed by atoms with Crippen molar-refractivity contribution in [3.05, 3.63) is 0 Å². The van der Waals surface area contributed by atoms with Gasteiger partial charge in [-0.15, -0.1) is 0 Å². The zero-order chi connectivity index (χ0) is 10.3. The molecule has 0 aliphatic carbocycles. The molecule has 0 saturated heterocycles. The minimum atomic E-state index is 0.0466. The van der Waals surface area contributed by atoms with E-state index in [1.54, 1.807) is 0 Å². The van der Waals surface area contributed by atoms with Crippen molar-refractivity contribution in [3.8, 4) is 0 Å². The molecule has 0 aromatic heterocycles. The Balaban J connectivity index is 3.92. The average Bonchev–Trinajstić information content (AvgIpc) is 2.11. The SMILES string of the molecule is CC[C@H](CN)[C@H](CC)CNC(=N)N. The third kappa shape index (κ3) is 4.72. The van der Waals surface area contributed by atoms with Gasteiger partial charge in [0, 0.05) is 6.54 Å². The van der Waals surface area contributed by atoms with Crippen LogP contribution in [0.1, 0.15) is 26.7 Å². The second-order valence-corrected chi connectivity index (χ2v) is 3.37. The molecule has 0 amide bonds.